The van der Waals surface area contributed by atoms with Gasteiger partial charge in [-0.1, -0.05) is 48.0 Å². The predicted molar refractivity (Wildman–Crippen MR) is 86.4 cm³/mol. The van der Waals surface area contributed by atoms with Gasteiger partial charge in [-0.25, -0.2) is 4.98 Å². The molecule has 0 aliphatic carbocycles. The molecule has 2 aromatic carbocycles. The van der Waals surface area contributed by atoms with Gasteiger partial charge in [0.15, 0.2) is 0 Å². The number of rotatable bonds is 4. The third kappa shape index (κ3) is 3.09. The van der Waals surface area contributed by atoms with E-state index in [1.165, 1.54) is 0 Å². The van der Waals surface area contributed by atoms with E-state index in [4.69, 9.17) is 17.3 Å². The maximum absolute atomic E-state index is 6.22. The molecular formula is C17H16ClN3. The Morgan fingerprint density at radius 2 is 1.71 bits per heavy atom. The first-order chi connectivity index (χ1) is 10.2. The zero-order valence-electron chi connectivity index (χ0n) is 11.5. The van der Waals surface area contributed by atoms with Crippen LogP contribution in [0.1, 0.15) is 17.0 Å². The van der Waals surface area contributed by atoms with Crippen LogP contribution in [0.2, 0.25) is 5.02 Å². The molecule has 0 fully saturated rings. The number of halogens is 1. The lowest BCUT2D eigenvalue weighted by atomic mass is 10.1. The molecule has 0 bridgehead atoms. The molecule has 0 unspecified atom stereocenters. The van der Waals surface area contributed by atoms with Crippen molar-refractivity contribution in [1.29, 1.82) is 0 Å². The summed E-state index contributed by atoms with van der Waals surface area (Å²) in [6.07, 6.45) is 4.49. The summed E-state index contributed by atoms with van der Waals surface area (Å²) in [5.74, 6) is 0.978. The van der Waals surface area contributed by atoms with Crippen molar-refractivity contribution in [2.75, 3.05) is 5.73 Å². The van der Waals surface area contributed by atoms with E-state index in [0.29, 0.717) is 13.0 Å². The molecule has 2 N–H and O–H groups in total. The van der Waals surface area contributed by atoms with Crippen molar-refractivity contribution >= 4 is 17.3 Å². The van der Waals surface area contributed by atoms with E-state index in [-0.39, 0.29) is 0 Å². The van der Waals surface area contributed by atoms with Crippen LogP contribution in [-0.4, -0.2) is 9.55 Å². The average molecular weight is 298 g/mol. The summed E-state index contributed by atoms with van der Waals surface area (Å²) in [5, 5.41) is 0.770. The Kier molecular flexibility index (Phi) is 3.93. The minimum absolute atomic E-state index is 0.708. The quantitative estimate of drug-likeness (QED) is 0.745. The highest BCUT2D eigenvalue weighted by Crippen LogP contribution is 2.19. The summed E-state index contributed by atoms with van der Waals surface area (Å²) in [6, 6.07) is 15.7. The maximum Gasteiger partial charge on any atom is 0.113 e. The van der Waals surface area contributed by atoms with Crippen LogP contribution in [0.5, 0.6) is 0 Å². The topological polar surface area (TPSA) is 43.8 Å². The molecule has 0 aliphatic heterocycles. The number of hydrogen-bond acceptors (Lipinski definition) is 2. The summed E-state index contributed by atoms with van der Waals surface area (Å²) in [5.41, 5.74) is 8.98. The van der Waals surface area contributed by atoms with Crippen molar-refractivity contribution in [2.24, 2.45) is 0 Å². The molecule has 0 saturated heterocycles. The van der Waals surface area contributed by atoms with E-state index < -0.39 is 0 Å². The van der Waals surface area contributed by atoms with Crippen LogP contribution in [-0.2, 0) is 13.0 Å². The van der Waals surface area contributed by atoms with Crippen LogP contribution in [0.15, 0.2) is 60.9 Å². The number of anilines is 1. The highest BCUT2D eigenvalue weighted by Gasteiger charge is 2.08. The zero-order chi connectivity index (χ0) is 14.7. The molecular weight excluding hydrogens is 282 g/mol. The number of para-hydroxylation sites is 1. The number of nitrogens with two attached hydrogens (primary N) is 1. The first kappa shape index (κ1) is 13.7. The highest BCUT2D eigenvalue weighted by molar-refractivity contribution is 6.31. The zero-order valence-corrected chi connectivity index (χ0v) is 12.3. The Hall–Kier alpha value is -2.26. The van der Waals surface area contributed by atoms with Gasteiger partial charge in [-0.3, -0.25) is 0 Å². The second-order valence-electron chi connectivity index (χ2n) is 4.94. The second-order valence-corrected chi connectivity index (χ2v) is 5.35. The first-order valence-corrected chi connectivity index (χ1v) is 7.18. The third-order valence-electron chi connectivity index (χ3n) is 3.50. The molecule has 3 nitrogen and oxygen atoms in total. The molecule has 0 radical (unpaired) electrons. The van der Waals surface area contributed by atoms with Gasteiger partial charge in [-0.15, -0.1) is 0 Å². The number of benzene rings is 2. The molecule has 3 aromatic rings. The van der Waals surface area contributed by atoms with Gasteiger partial charge in [0.1, 0.15) is 5.82 Å². The second kappa shape index (κ2) is 6.02. The fourth-order valence-corrected chi connectivity index (χ4v) is 2.53. The molecule has 3 rings (SSSR count). The summed E-state index contributed by atoms with van der Waals surface area (Å²) >= 11 is 6.22. The monoisotopic (exact) mass is 297 g/mol. The number of imidazole rings is 1. The molecule has 1 heterocycles. The lowest BCUT2D eigenvalue weighted by Gasteiger charge is -2.10. The van der Waals surface area contributed by atoms with Crippen molar-refractivity contribution in [1.82, 2.24) is 9.55 Å². The SMILES string of the molecule is Nc1ccccc1Cn1ccnc1Cc1ccccc1Cl. The summed E-state index contributed by atoms with van der Waals surface area (Å²) in [7, 11) is 0. The van der Waals surface area contributed by atoms with Crippen molar-refractivity contribution in [2.45, 2.75) is 13.0 Å². The first-order valence-electron chi connectivity index (χ1n) is 6.81. The Bertz CT molecular complexity index is 687. The molecule has 0 aliphatic rings. The van der Waals surface area contributed by atoms with Crippen LogP contribution in [0.25, 0.3) is 0 Å². The van der Waals surface area contributed by atoms with Crippen LogP contribution in [0.4, 0.5) is 5.69 Å². The van der Waals surface area contributed by atoms with Gasteiger partial charge in [0, 0.05) is 29.5 Å². The van der Waals surface area contributed by atoms with E-state index in [9.17, 15) is 0 Å². The smallest absolute Gasteiger partial charge is 0.113 e. The van der Waals surface area contributed by atoms with Gasteiger partial charge in [0.2, 0.25) is 0 Å². The van der Waals surface area contributed by atoms with Crippen molar-refractivity contribution in [3.05, 3.63) is 82.9 Å². The highest BCUT2D eigenvalue weighted by atomic mass is 35.5. The number of aromatic nitrogens is 2. The standard InChI is InChI=1S/C17H16ClN3/c18-15-7-3-1-5-13(15)11-17-20-9-10-21(17)12-14-6-2-4-8-16(14)19/h1-10H,11-12,19H2. The van der Waals surface area contributed by atoms with Crippen molar-refractivity contribution in [3.8, 4) is 0 Å². The lowest BCUT2D eigenvalue weighted by Crippen LogP contribution is -2.07. The molecule has 21 heavy (non-hydrogen) atoms. The van der Waals surface area contributed by atoms with Gasteiger partial charge in [-0.05, 0) is 23.3 Å². The van der Waals surface area contributed by atoms with Crippen molar-refractivity contribution in [3.63, 3.8) is 0 Å². The Balaban J connectivity index is 1.85. The number of nitrogens with zero attached hydrogens (tertiary/aromatic N) is 2. The molecule has 106 valence electrons. The van der Waals surface area contributed by atoms with Gasteiger partial charge >= 0.3 is 0 Å². The minimum atomic E-state index is 0.708. The predicted octanol–water partition coefficient (Wildman–Crippen LogP) is 3.76. The lowest BCUT2D eigenvalue weighted by molar-refractivity contribution is 0.742. The van der Waals surface area contributed by atoms with Gasteiger partial charge in [0.25, 0.3) is 0 Å². The summed E-state index contributed by atoms with van der Waals surface area (Å²) in [6.45, 7) is 0.715. The van der Waals surface area contributed by atoms with Gasteiger partial charge in [-0.2, -0.15) is 0 Å². The molecule has 0 spiro atoms. The normalized spacial score (nSPS) is 10.7. The van der Waals surface area contributed by atoms with E-state index in [1.54, 1.807) is 0 Å². The maximum atomic E-state index is 6.22. The molecule has 1 aromatic heterocycles. The Morgan fingerprint density at radius 3 is 2.48 bits per heavy atom. The molecule has 0 saturated carbocycles. The van der Waals surface area contributed by atoms with Crippen LogP contribution < -0.4 is 5.73 Å². The summed E-state index contributed by atoms with van der Waals surface area (Å²) < 4.78 is 2.11. The van der Waals surface area contributed by atoms with Gasteiger partial charge < -0.3 is 10.3 Å². The summed E-state index contributed by atoms with van der Waals surface area (Å²) in [4.78, 5) is 4.44. The number of nitrogen functional groups attached to an aromatic ring is 1. The Morgan fingerprint density at radius 1 is 1.00 bits per heavy atom. The third-order valence-corrected chi connectivity index (χ3v) is 3.87. The van der Waals surface area contributed by atoms with E-state index in [0.717, 1.165) is 27.7 Å². The van der Waals surface area contributed by atoms with E-state index in [1.807, 2.05) is 60.9 Å². The minimum Gasteiger partial charge on any atom is -0.398 e. The average Bonchev–Trinajstić information content (AvgIpc) is 2.91. The number of hydrogen-bond donors (Lipinski definition) is 1. The largest absolute Gasteiger partial charge is 0.398 e. The molecule has 4 heteroatoms. The van der Waals surface area contributed by atoms with Crippen molar-refractivity contribution < 1.29 is 0 Å². The van der Waals surface area contributed by atoms with E-state index >= 15 is 0 Å². The fraction of sp³-hybridized carbons (Fsp3) is 0.118. The Labute approximate surface area is 129 Å². The van der Waals surface area contributed by atoms with E-state index in [2.05, 4.69) is 9.55 Å². The van der Waals surface area contributed by atoms with Crippen LogP contribution in [0, 0.1) is 0 Å². The van der Waals surface area contributed by atoms with Crippen LogP contribution in [0.3, 0.4) is 0 Å². The fourth-order valence-electron chi connectivity index (χ4n) is 2.33. The van der Waals surface area contributed by atoms with Crippen LogP contribution >= 0.6 is 11.6 Å². The molecule has 0 atom stereocenters. The van der Waals surface area contributed by atoms with Gasteiger partial charge in [0.05, 0.1) is 6.54 Å². The molecule has 0 amide bonds.